The van der Waals surface area contributed by atoms with E-state index >= 15 is 0 Å². The third kappa shape index (κ3) is 4.93. The molecule has 1 aromatic heterocycles. The average molecular weight is 527 g/mol. The number of pyridine rings is 1. The molecule has 10 nitrogen and oxygen atoms in total. The standard InChI is InChI=1S/C24H22N4O6S2/c1-13-15(9-19-23(32)28(24(35)36-19)7-3-4-20(29)30)21(27(2)22(31)16(13)10-25)26-11-14-5-6-17-18(8-14)34-12-33-17/h5-6,8-9,26H,3-4,7,11-12H2,1-2H3,(H,29,30)/b19-9+. The second-order valence-corrected chi connectivity index (χ2v) is 9.79. The Bertz CT molecular complexity index is 1410. The van der Waals surface area contributed by atoms with Crippen LogP contribution in [0, 0.1) is 18.3 Å². The summed E-state index contributed by atoms with van der Waals surface area (Å²) >= 11 is 6.44. The molecule has 0 aliphatic carbocycles. The quantitative estimate of drug-likeness (QED) is 0.391. The Morgan fingerprint density at radius 1 is 1.33 bits per heavy atom. The highest BCUT2D eigenvalue weighted by Gasteiger charge is 2.32. The topological polar surface area (TPSA) is 134 Å². The maximum Gasteiger partial charge on any atom is 0.303 e. The lowest BCUT2D eigenvalue weighted by Crippen LogP contribution is -2.29. The summed E-state index contributed by atoms with van der Waals surface area (Å²) in [5.74, 6) is 0.436. The Kier molecular flexibility index (Phi) is 7.32. The van der Waals surface area contributed by atoms with Gasteiger partial charge in [0, 0.05) is 32.1 Å². The van der Waals surface area contributed by atoms with Crippen molar-refractivity contribution in [2.45, 2.75) is 26.3 Å². The minimum absolute atomic E-state index is 0.0192. The summed E-state index contributed by atoms with van der Waals surface area (Å²) < 4.78 is 12.4. The number of fused-ring (bicyclic) bond motifs is 1. The molecule has 1 aromatic carbocycles. The minimum atomic E-state index is -0.945. The summed E-state index contributed by atoms with van der Waals surface area (Å²) in [6, 6.07) is 7.48. The molecule has 0 unspecified atom stereocenters. The van der Waals surface area contributed by atoms with Crippen molar-refractivity contribution >= 4 is 52.1 Å². The maximum atomic E-state index is 13.0. The summed E-state index contributed by atoms with van der Waals surface area (Å²) in [5.41, 5.74) is 1.35. The fourth-order valence-electron chi connectivity index (χ4n) is 3.89. The number of hydrogen-bond donors (Lipinski definition) is 2. The van der Waals surface area contributed by atoms with Gasteiger partial charge in [0.1, 0.15) is 21.8 Å². The van der Waals surface area contributed by atoms with Gasteiger partial charge in [0.05, 0.1) is 4.91 Å². The number of rotatable bonds is 8. The summed E-state index contributed by atoms with van der Waals surface area (Å²) in [5, 5.41) is 21.7. The maximum absolute atomic E-state index is 13.0. The van der Waals surface area contributed by atoms with Crippen molar-refractivity contribution in [3.8, 4) is 17.6 Å². The number of anilines is 1. The molecule has 3 heterocycles. The normalized spacial score (nSPS) is 15.5. The molecule has 2 aliphatic rings. The van der Waals surface area contributed by atoms with Crippen LogP contribution >= 0.6 is 24.0 Å². The van der Waals surface area contributed by atoms with Gasteiger partial charge in [0.2, 0.25) is 6.79 Å². The van der Waals surface area contributed by atoms with E-state index in [1.165, 1.54) is 9.47 Å². The number of nitriles is 1. The van der Waals surface area contributed by atoms with E-state index in [1.807, 2.05) is 18.2 Å². The molecule has 2 aromatic rings. The van der Waals surface area contributed by atoms with Crippen LogP contribution in [0.5, 0.6) is 11.5 Å². The number of carbonyl (C=O) groups excluding carboxylic acids is 1. The number of hydrogen-bond acceptors (Lipinski definition) is 9. The van der Waals surface area contributed by atoms with Gasteiger partial charge in [-0.25, -0.2) is 0 Å². The lowest BCUT2D eigenvalue weighted by molar-refractivity contribution is -0.137. The van der Waals surface area contributed by atoms with Crippen LogP contribution in [0.15, 0.2) is 27.9 Å². The Morgan fingerprint density at radius 3 is 2.81 bits per heavy atom. The van der Waals surface area contributed by atoms with E-state index in [0.717, 1.165) is 17.3 Å². The molecule has 4 rings (SSSR count). The van der Waals surface area contributed by atoms with E-state index in [0.29, 0.717) is 44.2 Å². The fourth-order valence-corrected chi connectivity index (χ4v) is 5.18. The van der Waals surface area contributed by atoms with Crippen LogP contribution in [0.2, 0.25) is 0 Å². The van der Waals surface area contributed by atoms with Gasteiger partial charge in [0.25, 0.3) is 11.5 Å². The smallest absolute Gasteiger partial charge is 0.303 e. The summed E-state index contributed by atoms with van der Waals surface area (Å²) in [6.07, 6.45) is 1.82. The highest BCUT2D eigenvalue weighted by molar-refractivity contribution is 8.26. The van der Waals surface area contributed by atoms with Crippen LogP contribution in [0.3, 0.4) is 0 Å². The summed E-state index contributed by atoms with van der Waals surface area (Å²) in [4.78, 5) is 38.4. The summed E-state index contributed by atoms with van der Waals surface area (Å²) in [6.45, 7) is 2.35. The van der Waals surface area contributed by atoms with E-state index in [1.54, 1.807) is 26.1 Å². The largest absolute Gasteiger partial charge is 0.481 e. The second kappa shape index (κ2) is 10.4. The predicted octanol–water partition coefficient (Wildman–Crippen LogP) is 2.97. The van der Waals surface area contributed by atoms with Crippen molar-refractivity contribution in [1.82, 2.24) is 9.47 Å². The first kappa shape index (κ1) is 25.3. The number of aromatic nitrogens is 1. The number of thiocarbonyl (C=S) groups is 1. The number of carboxylic acid groups (broad SMARTS) is 1. The van der Waals surface area contributed by atoms with E-state index in [9.17, 15) is 19.6 Å². The SMILES string of the molecule is Cc1c(/C=C2/SC(=S)N(CCCC(=O)O)C2=O)c(NCc2ccc3c(c2)OCO3)n(C)c(=O)c1C#N. The molecule has 0 atom stereocenters. The van der Waals surface area contributed by atoms with Crippen molar-refractivity contribution in [3.63, 3.8) is 0 Å². The number of thioether (sulfide) groups is 1. The number of carboxylic acids is 1. The molecule has 12 heteroatoms. The Hall–Kier alpha value is -3.82. The number of benzene rings is 1. The monoisotopic (exact) mass is 526 g/mol. The third-order valence-electron chi connectivity index (χ3n) is 5.82. The first-order valence-corrected chi connectivity index (χ1v) is 12.2. The van der Waals surface area contributed by atoms with Gasteiger partial charge >= 0.3 is 5.97 Å². The number of nitrogens with zero attached hydrogens (tertiary/aromatic N) is 3. The molecular formula is C24H22N4O6S2. The second-order valence-electron chi connectivity index (χ2n) is 8.11. The number of amides is 1. The molecule has 1 amide bonds. The zero-order valence-electron chi connectivity index (χ0n) is 19.5. The van der Waals surface area contributed by atoms with Gasteiger partial charge in [-0.3, -0.25) is 23.9 Å². The molecule has 0 radical (unpaired) electrons. The zero-order chi connectivity index (χ0) is 26.0. The van der Waals surface area contributed by atoms with Crippen LogP contribution < -0.4 is 20.3 Å². The summed E-state index contributed by atoms with van der Waals surface area (Å²) in [7, 11) is 1.55. The van der Waals surface area contributed by atoms with Crippen molar-refractivity contribution in [2.75, 3.05) is 18.7 Å². The van der Waals surface area contributed by atoms with Crippen LogP contribution in [0.1, 0.15) is 35.1 Å². The van der Waals surface area contributed by atoms with Gasteiger partial charge in [-0.05, 0) is 42.7 Å². The molecule has 0 bridgehead atoms. The molecule has 2 aliphatic heterocycles. The van der Waals surface area contributed by atoms with Crippen LogP contribution in [0.25, 0.3) is 6.08 Å². The van der Waals surface area contributed by atoms with Crippen molar-refractivity contribution in [3.05, 3.63) is 55.7 Å². The van der Waals surface area contributed by atoms with Gasteiger partial charge < -0.3 is 19.9 Å². The molecule has 36 heavy (non-hydrogen) atoms. The number of nitrogens with one attached hydrogen (secondary N) is 1. The third-order valence-corrected chi connectivity index (χ3v) is 7.20. The van der Waals surface area contributed by atoms with E-state index in [-0.39, 0.29) is 37.6 Å². The first-order valence-electron chi connectivity index (χ1n) is 10.9. The van der Waals surface area contributed by atoms with E-state index in [4.69, 9.17) is 26.8 Å². The number of aliphatic carboxylic acids is 1. The van der Waals surface area contributed by atoms with E-state index in [2.05, 4.69) is 5.32 Å². The van der Waals surface area contributed by atoms with Gasteiger partial charge in [-0.1, -0.05) is 30.0 Å². The predicted molar refractivity (Wildman–Crippen MR) is 138 cm³/mol. The molecule has 2 N–H and O–H groups in total. The number of carbonyl (C=O) groups is 2. The Labute approximate surface area is 216 Å². The minimum Gasteiger partial charge on any atom is -0.481 e. The molecule has 1 fully saturated rings. The van der Waals surface area contributed by atoms with Crippen LogP contribution in [-0.4, -0.2) is 44.1 Å². The van der Waals surface area contributed by atoms with E-state index < -0.39 is 11.5 Å². The van der Waals surface area contributed by atoms with Crippen molar-refractivity contribution in [1.29, 1.82) is 5.26 Å². The van der Waals surface area contributed by atoms with Gasteiger partial charge in [-0.15, -0.1) is 0 Å². The van der Waals surface area contributed by atoms with Gasteiger partial charge in [0.15, 0.2) is 11.5 Å². The number of ether oxygens (including phenoxy) is 2. The first-order chi connectivity index (χ1) is 17.2. The van der Waals surface area contributed by atoms with Crippen molar-refractivity contribution < 1.29 is 24.2 Å². The molecule has 1 saturated heterocycles. The fraction of sp³-hybridized carbons (Fsp3) is 0.292. The highest BCUT2D eigenvalue weighted by atomic mass is 32.2. The lowest BCUT2D eigenvalue weighted by Gasteiger charge is -2.18. The Balaban J connectivity index is 1.67. The lowest BCUT2D eigenvalue weighted by atomic mass is 10.0. The average Bonchev–Trinajstić information content (AvgIpc) is 3.41. The Morgan fingerprint density at radius 2 is 2.08 bits per heavy atom. The highest BCUT2D eigenvalue weighted by Crippen LogP contribution is 2.36. The molecule has 0 saturated carbocycles. The van der Waals surface area contributed by atoms with Crippen LogP contribution in [-0.2, 0) is 23.2 Å². The van der Waals surface area contributed by atoms with Gasteiger partial charge in [-0.2, -0.15) is 5.26 Å². The molecular weight excluding hydrogens is 504 g/mol. The van der Waals surface area contributed by atoms with Crippen molar-refractivity contribution in [2.24, 2.45) is 7.05 Å². The van der Waals surface area contributed by atoms with Crippen LogP contribution in [0.4, 0.5) is 5.82 Å². The zero-order valence-corrected chi connectivity index (χ0v) is 21.1. The molecule has 186 valence electrons. The molecule has 0 spiro atoms.